The van der Waals surface area contributed by atoms with Crippen molar-refractivity contribution in [3.63, 3.8) is 0 Å². The van der Waals surface area contributed by atoms with Gasteiger partial charge in [0.2, 0.25) is 0 Å². The van der Waals surface area contributed by atoms with Gasteiger partial charge in [-0.15, -0.1) is 0 Å². The van der Waals surface area contributed by atoms with Gasteiger partial charge in [0.05, 0.1) is 49.9 Å². The van der Waals surface area contributed by atoms with Gasteiger partial charge in [-0.3, -0.25) is 18.4 Å². The summed E-state index contributed by atoms with van der Waals surface area (Å²) >= 11 is -2.30. The molecule has 0 spiro atoms. The van der Waals surface area contributed by atoms with Crippen molar-refractivity contribution in [2.75, 3.05) is 32.3 Å². The Bertz CT molecular complexity index is 1310. The summed E-state index contributed by atoms with van der Waals surface area (Å²) < 4.78 is 37.4. The summed E-state index contributed by atoms with van der Waals surface area (Å²) in [5.74, 6) is 1.29. The SMILES string of the molecule is CCn1cc(-c2cnc3ccc(N(CCCOS(=O)O)c4cc(OC)cc(OC)c4)cc3n2)cn1. The molecule has 2 aromatic carbocycles. The zero-order chi connectivity index (χ0) is 24.8. The molecular weight excluding hydrogens is 470 g/mol. The van der Waals surface area contributed by atoms with Gasteiger partial charge in [-0.1, -0.05) is 0 Å². The van der Waals surface area contributed by atoms with Crippen LogP contribution in [0.25, 0.3) is 22.3 Å². The monoisotopic (exact) mass is 497 g/mol. The number of ether oxygens (including phenoxy) is 2. The molecule has 1 N–H and O–H groups in total. The molecule has 0 saturated heterocycles. The Kier molecular flexibility index (Phi) is 7.91. The van der Waals surface area contributed by atoms with Gasteiger partial charge >= 0.3 is 11.4 Å². The van der Waals surface area contributed by atoms with Crippen LogP contribution in [-0.2, 0) is 22.1 Å². The molecule has 0 aliphatic rings. The number of hydrogen-bond donors (Lipinski definition) is 1. The maximum Gasteiger partial charge on any atom is 0.301 e. The van der Waals surface area contributed by atoms with Crippen LogP contribution in [0.1, 0.15) is 13.3 Å². The molecular formula is C24H27N5O5S. The summed E-state index contributed by atoms with van der Waals surface area (Å²) in [6.45, 7) is 3.44. The first-order valence-corrected chi connectivity index (χ1v) is 12.1. The first kappa shape index (κ1) is 24.6. The first-order chi connectivity index (χ1) is 17.0. The number of hydrogen-bond acceptors (Lipinski definition) is 8. The van der Waals surface area contributed by atoms with Crippen LogP contribution in [0, 0.1) is 0 Å². The van der Waals surface area contributed by atoms with E-state index in [1.165, 1.54) is 0 Å². The lowest BCUT2D eigenvalue weighted by molar-refractivity contribution is 0.303. The van der Waals surface area contributed by atoms with Crippen LogP contribution in [0.15, 0.2) is 55.0 Å². The average Bonchev–Trinajstić information content (AvgIpc) is 3.37. The lowest BCUT2D eigenvalue weighted by atomic mass is 10.1. The van der Waals surface area contributed by atoms with Crippen LogP contribution in [0.3, 0.4) is 0 Å². The molecule has 0 bridgehead atoms. The van der Waals surface area contributed by atoms with Crippen molar-refractivity contribution in [2.45, 2.75) is 19.9 Å². The van der Waals surface area contributed by atoms with Gasteiger partial charge in [0.25, 0.3) is 0 Å². The molecule has 0 aliphatic carbocycles. The van der Waals surface area contributed by atoms with E-state index in [0.29, 0.717) is 24.5 Å². The van der Waals surface area contributed by atoms with E-state index in [-0.39, 0.29) is 6.61 Å². The summed E-state index contributed by atoms with van der Waals surface area (Å²) in [6, 6.07) is 11.4. The minimum absolute atomic E-state index is 0.125. The summed E-state index contributed by atoms with van der Waals surface area (Å²) in [5, 5.41) is 4.33. The number of aryl methyl sites for hydroxylation is 1. The van der Waals surface area contributed by atoms with E-state index in [2.05, 4.69) is 15.0 Å². The first-order valence-electron chi connectivity index (χ1n) is 11.0. The van der Waals surface area contributed by atoms with Gasteiger partial charge in [-0.2, -0.15) is 9.31 Å². The predicted octanol–water partition coefficient (Wildman–Crippen LogP) is 4.21. The van der Waals surface area contributed by atoms with Gasteiger partial charge in [0, 0.05) is 54.4 Å². The van der Waals surface area contributed by atoms with Crippen molar-refractivity contribution >= 4 is 33.8 Å². The number of benzene rings is 2. The summed E-state index contributed by atoms with van der Waals surface area (Å²) in [7, 11) is 3.20. The normalized spacial score (nSPS) is 12.0. The smallest absolute Gasteiger partial charge is 0.301 e. The quantitative estimate of drug-likeness (QED) is 0.240. The highest BCUT2D eigenvalue weighted by Gasteiger charge is 2.15. The van der Waals surface area contributed by atoms with Crippen molar-refractivity contribution in [1.82, 2.24) is 19.7 Å². The second-order valence-corrected chi connectivity index (χ2v) is 8.30. The molecule has 35 heavy (non-hydrogen) atoms. The Hall–Kier alpha value is -3.54. The highest BCUT2D eigenvalue weighted by molar-refractivity contribution is 7.74. The van der Waals surface area contributed by atoms with Crippen LogP contribution < -0.4 is 14.4 Å². The van der Waals surface area contributed by atoms with E-state index in [1.54, 1.807) is 32.7 Å². The zero-order valence-electron chi connectivity index (χ0n) is 19.7. The van der Waals surface area contributed by atoms with Gasteiger partial charge < -0.3 is 14.4 Å². The third-order valence-electron chi connectivity index (χ3n) is 5.45. The lowest BCUT2D eigenvalue weighted by Gasteiger charge is -2.26. The maximum atomic E-state index is 10.9. The number of fused-ring (bicyclic) bond motifs is 1. The average molecular weight is 498 g/mol. The fourth-order valence-electron chi connectivity index (χ4n) is 3.68. The molecule has 1 atom stereocenters. The molecule has 0 aliphatic heterocycles. The van der Waals surface area contributed by atoms with Crippen molar-refractivity contribution in [3.05, 3.63) is 55.0 Å². The highest BCUT2D eigenvalue weighted by Crippen LogP contribution is 2.34. The third-order valence-corrected chi connectivity index (χ3v) is 5.82. The second kappa shape index (κ2) is 11.3. The number of methoxy groups -OCH3 is 2. The predicted molar refractivity (Wildman–Crippen MR) is 134 cm³/mol. The number of aromatic nitrogens is 4. The molecule has 2 heterocycles. The molecule has 4 rings (SSSR count). The van der Waals surface area contributed by atoms with Crippen LogP contribution in [0.4, 0.5) is 11.4 Å². The van der Waals surface area contributed by atoms with E-state index in [1.807, 2.05) is 48.1 Å². The van der Waals surface area contributed by atoms with Gasteiger partial charge in [-0.05, 0) is 31.5 Å². The summed E-state index contributed by atoms with van der Waals surface area (Å²) in [4.78, 5) is 11.5. The molecule has 10 nitrogen and oxygen atoms in total. The minimum atomic E-state index is -2.30. The Morgan fingerprint density at radius 1 is 1.03 bits per heavy atom. The molecule has 0 amide bonds. The van der Waals surface area contributed by atoms with Gasteiger partial charge in [0.15, 0.2) is 0 Å². The van der Waals surface area contributed by atoms with Crippen molar-refractivity contribution < 1.29 is 22.4 Å². The van der Waals surface area contributed by atoms with Crippen LogP contribution in [0.2, 0.25) is 0 Å². The topological polar surface area (TPSA) is 112 Å². The van der Waals surface area contributed by atoms with E-state index in [0.717, 1.165) is 40.2 Å². The van der Waals surface area contributed by atoms with Gasteiger partial charge in [-0.25, -0.2) is 4.98 Å². The van der Waals surface area contributed by atoms with E-state index >= 15 is 0 Å². The van der Waals surface area contributed by atoms with Gasteiger partial charge in [0.1, 0.15) is 11.5 Å². The molecule has 0 radical (unpaired) electrons. The molecule has 0 fully saturated rings. The molecule has 4 aromatic rings. The third kappa shape index (κ3) is 5.94. The Balaban J connectivity index is 1.72. The zero-order valence-corrected chi connectivity index (χ0v) is 20.6. The largest absolute Gasteiger partial charge is 0.497 e. The molecule has 11 heteroatoms. The molecule has 0 saturated carbocycles. The molecule has 1 unspecified atom stereocenters. The fraction of sp³-hybridized carbons (Fsp3) is 0.292. The number of anilines is 2. The summed E-state index contributed by atoms with van der Waals surface area (Å²) in [6.07, 6.45) is 5.98. The van der Waals surface area contributed by atoms with Crippen molar-refractivity contribution in [2.24, 2.45) is 0 Å². The minimum Gasteiger partial charge on any atom is -0.497 e. The second-order valence-electron chi connectivity index (χ2n) is 7.63. The van der Waals surface area contributed by atoms with Crippen LogP contribution in [0.5, 0.6) is 11.5 Å². The maximum absolute atomic E-state index is 10.9. The van der Waals surface area contributed by atoms with E-state index < -0.39 is 11.4 Å². The van der Waals surface area contributed by atoms with Crippen LogP contribution >= 0.6 is 0 Å². The Labute approximate surface area is 206 Å². The lowest BCUT2D eigenvalue weighted by Crippen LogP contribution is -2.20. The standard InChI is InChI=1S/C24H27N5O5S/c1-4-28-16-17(14-26-28)24-15-25-22-7-6-18(12-23(22)27-24)29(8-5-9-34-35(30)31)19-10-20(32-2)13-21(11-19)33-3/h6-7,10-16H,4-5,8-9H2,1-3H3,(H,30,31). The van der Waals surface area contributed by atoms with E-state index in [9.17, 15) is 4.21 Å². The van der Waals surface area contributed by atoms with Crippen molar-refractivity contribution in [1.29, 1.82) is 0 Å². The Morgan fingerprint density at radius 3 is 2.46 bits per heavy atom. The van der Waals surface area contributed by atoms with Crippen molar-refractivity contribution in [3.8, 4) is 22.8 Å². The molecule has 184 valence electrons. The molecule has 2 aromatic heterocycles. The van der Waals surface area contributed by atoms with Crippen LogP contribution in [-0.4, -0.2) is 55.9 Å². The summed E-state index contributed by atoms with van der Waals surface area (Å²) in [5.41, 5.74) is 4.84. The Morgan fingerprint density at radius 2 is 1.80 bits per heavy atom. The van der Waals surface area contributed by atoms with E-state index in [4.69, 9.17) is 23.2 Å². The fourth-order valence-corrected chi connectivity index (χ4v) is 3.94. The highest BCUT2D eigenvalue weighted by atomic mass is 32.2. The number of nitrogens with zero attached hydrogens (tertiary/aromatic N) is 5. The number of rotatable bonds is 11.